The molecule has 0 spiro atoms. The van der Waals surface area contributed by atoms with Gasteiger partial charge in [0, 0.05) is 23.8 Å². The monoisotopic (exact) mass is 386 g/mol. The molecule has 3 rings (SSSR count). The van der Waals surface area contributed by atoms with Crippen molar-refractivity contribution in [2.75, 3.05) is 18.5 Å². The summed E-state index contributed by atoms with van der Waals surface area (Å²) in [5.74, 6) is -2.18. The van der Waals surface area contributed by atoms with E-state index in [9.17, 15) is 19.5 Å². The quantitative estimate of drug-likeness (QED) is 0.702. The van der Waals surface area contributed by atoms with Crippen LogP contribution in [0.1, 0.15) is 39.3 Å². The van der Waals surface area contributed by atoms with E-state index in [0.29, 0.717) is 25.3 Å². The maximum absolute atomic E-state index is 12.6. The first-order valence-electron chi connectivity index (χ1n) is 9.02. The zero-order valence-corrected chi connectivity index (χ0v) is 15.4. The van der Waals surface area contributed by atoms with Gasteiger partial charge in [0.25, 0.3) is 11.8 Å². The number of furan rings is 1. The van der Waals surface area contributed by atoms with Crippen LogP contribution in [0.25, 0.3) is 0 Å². The summed E-state index contributed by atoms with van der Waals surface area (Å²) in [6, 6.07) is 6.89. The predicted octanol–water partition coefficient (Wildman–Crippen LogP) is 2.45. The van der Waals surface area contributed by atoms with Crippen LogP contribution in [0.3, 0.4) is 0 Å². The van der Waals surface area contributed by atoms with Gasteiger partial charge in [-0.2, -0.15) is 0 Å². The summed E-state index contributed by atoms with van der Waals surface area (Å²) in [6.45, 7) is 2.70. The fourth-order valence-corrected chi connectivity index (χ4v) is 3.12. The van der Waals surface area contributed by atoms with Crippen LogP contribution in [0.4, 0.5) is 5.69 Å². The summed E-state index contributed by atoms with van der Waals surface area (Å²) in [5, 5.41) is 14.8. The van der Waals surface area contributed by atoms with Crippen LogP contribution in [0.5, 0.6) is 0 Å². The Morgan fingerprint density at radius 2 is 2.04 bits per heavy atom. The Balaban J connectivity index is 1.74. The fraction of sp³-hybridized carbons (Fsp3) is 0.350. The van der Waals surface area contributed by atoms with Crippen molar-refractivity contribution < 1.29 is 28.6 Å². The minimum absolute atomic E-state index is 0.150. The number of carboxylic acids is 1. The lowest BCUT2D eigenvalue weighted by atomic mass is 9.93. The van der Waals surface area contributed by atoms with Crippen LogP contribution in [0.15, 0.2) is 41.0 Å². The summed E-state index contributed by atoms with van der Waals surface area (Å²) in [7, 11) is 0. The summed E-state index contributed by atoms with van der Waals surface area (Å²) in [5.41, 5.74) is 1.46. The van der Waals surface area contributed by atoms with Gasteiger partial charge in [0.05, 0.1) is 12.9 Å². The van der Waals surface area contributed by atoms with Crippen molar-refractivity contribution in [1.82, 2.24) is 5.32 Å². The van der Waals surface area contributed by atoms with Gasteiger partial charge in [-0.05, 0) is 49.6 Å². The molecule has 148 valence electrons. The molecule has 0 bridgehead atoms. The third-order valence-electron chi connectivity index (χ3n) is 4.71. The topological polar surface area (TPSA) is 118 Å². The molecule has 1 aromatic carbocycles. The molecule has 1 aliphatic rings. The van der Waals surface area contributed by atoms with Gasteiger partial charge in [-0.1, -0.05) is 6.07 Å². The van der Waals surface area contributed by atoms with Gasteiger partial charge in [-0.3, -0.25) is 9.59 Å². The van der Waals surface area contributed by atoms with Gasteiger partial charge < -0.3 is 24.9 Å². The number of amides is 2. The number of anilines is 1. The summed E-state index contributed by atoms with van der Waals surface area (Å²) in [4.78, 5) is 36.4. The molecule has 1 aromatic heterocycles. The Hall–Kier alpha value is -3.13. The Morgan fingerprint density at radius 3 is 2.68 bits per heavy atom. The third-order valence-corrected chi connectivity index (χ3v) is 4.71. The van der Waals surface area contributed by atoms with Gasteiger partial charge in [-0.15, -0.1) is 0 Å². The molecule has 0 aliphatic carbocycles. The number of carbonyl (C=O) groups is 3. The number of nitrogens with one attached hydrogen (secondary N) is 2. The van der Waals surface area contributed by atoms with Crippen LogP contribution < -0.4 is 10.6 Å². The van der Waals surface area contributed by atoms with Gasteiger partial charge in [0.15, 0.2) is 5.76 Å². The predicted molar refractivity (Wildman–Crippen MR) is 100 cm³/mol. The van der Waals surface area contributed by atoms with E-state index in [0.717, 1.165) is 12.0 Å². The SMILES string of the molecule is Cc1ccc(C(=O)NC(C(=O)O)C2CCCOC2)cc1NC(=O)c1ccco1. The number of aliphatic carboxylic acids is 1. The number of hydrogen-bond donors (Lipinski definition) is 3. The van der Waals surface area contributed by atoms with Crippen molar-refractivity contribution >= 4 is 23.5 Å². The maximum atomic E-state index is 12.6. The molecule has 2 unspecified atom stereocenters. The van der Waals surface area contributed by atoms with Gasteiger partial charge in [0.2, 0.25) is 0 Å². The first kappa shape index (κ1) is 19.6. The lowest BCUT2D eigenvalue weighted by Crippen LogP contribution is -2.48. The van der Waals surface area contributed by atoms with Gasteiger partial charge in [0.1, 0.15) is 6.04 Å². The van der Waals surface area contributed by atoms with Crippen molar-refractivity contribution in [2.45, 2.75) is 25.8 Å². The van der Waals surface area contributed by atoms with E-state index in [2.05, 4.69) is 10.6 Å². The average Bonchev–Trinajstić information content (AvgIpc) is 3.23. The molecule has 3 N–H and O–H groups in total. The molecular formula is C20H22N2O6. The minimum Gasteiger partial charge on any atom is -0.480 e. The molecule has 1 aliphatic heterocycles. The van der Waals surface area contributed by atoms with E-state index in [4.69, 9.17) is 9.15 Å². The highest BCUT2D eigenvalue weighted by Crippen LogP contribution is 2.21. The van der Waals surface area contributed by atoms with Crippen molar-refractivity contribution in [1.29, 1.82) is 0 Å². The lowest BCUT2D eigenvalue weighted by Gasteiger charge is -2.28. The minimum atomic E-state index is -1.10. The highest BCUT2D eigenvalue weighted by Gasteiger charge is 2.31. The molecule has 28 heavy (non-hydrogen) atoms. The lowest BCUT2D eigenvalue weighted by molar-refractivity contribution is -0.142. The number of carbonyl (C=O) groups excluding carboxylic acids is 2. The van der Waals surface area contributed by atoms with Crippen LogP contribution in [0.2, 0.25) is 0 Å². The third kappa shape index (κ3) is 4.58. The number of hydrogen-bond acceptors (Lipinski definition) is 5. The summed E-state index contributed by atoms with van der Waals surface area (Å²) in [6.07, 6.45) is 2.83. The molecule has 2 heterocycles. The number of carboxylic acid groups (broad SMARTS) is 1. The molecule has 2 aromatic rings. The number of benzene rings is 1. The first-order valence-corrected chi connectivity index (χ1v) is 9.02. The highest BCUT2D eigenvalue weighted by atomic mass is 16.5. The summed E-state index contributed by atoms with van der Waals surface area (Å²) >= 11 is 0. The molecule has 0 saturated carbocycles. The molecule has 8 heteroatoms. The second-order valence-electron chi connectivity index (χ2n) is 6.73. The number of aryl methyl sites for hydroxylation is 1. The van der Waals surface area contributed by atoms with E-state index >= 15 is 0 Å². The molecule has 2 atom stereocenters. The average molecular weight is 386 g/mol. The van der Waals surface area contributed by atoms with E-state index in [1.165, 1.54) is 18.4 Å². The number of ether oxygens (including phenoxy) is 1. The normalized spacial score (nSPS) is 17.5. The molecule has 0 radical (unpaired) electrons. The van der Waals surface area contributed by atoms with Crippen molar-refractivity contribution in [3.8, 4) is 0 Å². The molecule has 2 amide bonds. The largest absolute Gasteiger partial charge is 0.480 e. The van der Waals surface area contributed by atoms with Crippen LogP contribution >= 0.6 is 0 Å². The van der Waals surface area contributed by atoms with E-state index in [1.807, 2.05) is 0 Å². The smallest absolute Gasteiger partial charge is 0.326 e. The Bertz CT molecular complexity index is 856. The second-order valence-corrected chi connectivity index (χ2v) is 6.73. The molecule has 8 nitrogen and oxygen atoms in total. The first-order chi connectivity index (χ1) is 13.5. The standard InChI is InChI=1S/C20H22N2O6/c1-12-6-7-13(10-15(12)21-19(24)16-5-3-9-28-16)18(23)22-17(20(25)26)14-4-2-8-27-11-14/h3,5-7,9-10,14,17H,2,4,8,11H2,1H3,(H,21,24)(H,22,23)(H,25,26). The van der Waals surface area contributed by atoms with Crippen LogP contribution in [-0.4, -0.2) is 42.1 Å². The molecular weight excluding hydrogens is 364 g/mol. The highest BCUT2D eigenvalue weighted by molar-refractivity contribution is 6.04. The van der Waals surface area contributed by atoms with Crippen molar-refractivity contribution in [3.05, 3.63) is 53.5 Å². The molecule has 1 saturated heterocycles. The second kappa shape index (κ2) is 8.71. The van der Waals surface area contributed by atoms with Crippen molar-refractivity contribution in [2.24, 2.45) is 5.92 Å². The van der Waals surface area contributed by atoms with Crippen molar-refractivity contribution in [3.63, 3.8) is 0 Å². The zero-order valence-electron chi connectivity index (χ0n) is 15.4. The Morgan fingerprint density at radius 1 is 1.21 bits per heavy atom. The zero-order chi connectivity index (χ0) is 20.1. The molecule has 1 fully saturated rings. The fourth-order valence-electron chi connectivity index (χ4n) is 3.12. The van der Waals surface area contributed by atoms with Gasteiger partial charge >= 0.3 is 5.97 Å². The Kier molecular flexibility index (Phi) is 6.10. The van der Waals surface area contributed by atoms with E-state index in [1.54, 1.807) is 25.1 Å². The Labute approximate surface area is 161 Å². The van der Waals surface area contributed by atoms with E-state index in [-0.39, 0.29) is 17.2 Å². The van der Waals surface area contributed by atoms with E-state index < -0.39 is 23.8 Å². The van der Waals surface area contributed by atoms with Crippen LogP contribution in [-0.2, 0) is 9.53 Å². The van der Waals surface area contributed by atoms with Gasteiger partial charge in [-0.25, -0.2) is 4.79 Å². The van der Waals surface area contributed by atoms with Crippen LogP contribution in [0, 0.1) is 12.8 Å². The number of rotatable bonds is 6. The summed E-state index contributed by atoms with van der Waals surface area (Å²) < 4.78 is 10.4. The maximum Gasteiger partial charge on any atom is 0.326 e.